The fourth-order valence-electron chi connectivity index (χ4n) is 1.57. The molecule has 124 valence electrons. The van der Waals surface area contributed by atoms with Gasteiger partial charge in [0.2, 0.25) is 0 Å². The smallest absolute Gasteiger partial charge is 0.407 e. The van der Waals surface area contributed by atoms with Crippen molar-refractivity contribution >= 4 is 12.2 Å². The maximum Gasteiger partial charge on any atom is 0.407 e. The molecule has 0 saturated carbocycles. The molecule has 0 bridgehead atoms. The lowest BCUT2D eigenvalue weighted by Crippen LogP contribution is -2.46. The molecule has 6 heteroatoms. The van der Waals surface area contributed by atoms with Crippen LogP contribution in [-0.4, -0.2) is 36.0 Å². The van der Waals surface area contributed by atoms with Crippen LogP contribution in [0.15, 0.2) is 0 Å². The van der Waals surface area contributed by atoms with E-state index in [0.717, 1.165) is 12.8 Å². The van der Waals surface area contributed by atoms with Crippen LogP contribution in [0.4, 0.5) is 9.59 Å². The molecule has 0 rings (SSSR count). The van der Waals surface area contributed by atoms with Crippen molar-refractivity contribution < 1.29 is 19.1 Å². The molecule has 0 aliphatic rings. The summed E-state index contributed by atoms with van der Waals surface area (Å²) in [7, 11) is 0. The molecule has 0 saturated heterocycles. The summed E-state index contributed by atoms with van der Waals surface area (Å²) in [6.45, 7) is 13.1. The number of amides is 2. The Balaban J connectivity index is 4.31. The molecule has 2 N–H and O–H groups in total. The van der Waals surface area contributed by atoms with Gasteiger partial charge >= 0.3 is 12.2 Å². The summed E-state index contributed by atoms with van der Waals surface area (Å²) in [5.74, 6) is 0. The fourth-order valence-corrected chi connectivity index (χ4v) is 1.57. The van der Waals surface area contributed by atoms with Gasteiger partial charge in [0.1, 0.15) is 11.2 Å². The van der Waals surface area contributed by atoms with Crippen LogP contribution in [0.1, 0.15) is 61.3 Å². The summed E-state index contributed by atoms with van der Waals surface area (Å²) in [6, 6.07) is -0.183. The summed E-state index contributed by atoms with van der Waals surface area (Å²) in [5.41, 5.74) is -1.08. The second-order valence-corrected chi connectivity index (χ2v) is 7.01. The first kappa shape index (κ1) is 19.5. The maximum atomic E-state index is 11.7. The molecule has 0 heterocycles. The Kier molecular flexibility index (Phi) is 7.53. The number of alkyl carbamates (subject to hydrolysis) is 2. The normalized spacial score (nSPS) is 13.3. The molecule has 0 spiro atoms. The molecule has 0 aliphatic carbocycles. The molecular weight excluding hydrogens is 272 g/mol. The van der Waals surface area contributed by atoms with Crippen LogP contribution < -0.4 is 10.6 Å². The summed E-state index contributed by atoms with van der Waals surface area (Å²) >= 11 is 0. The van der Waals surface area contributed by atoms with Crippen molar-refractivity contribution in [1.29, 1.82) is 0 Å². The lowest BCUT2D eigenvalue weighted by atomic mass is 10.1. The molecular formula is C15H30N2O4. The summed E-state index contributed by atoms with van der Waals surface area (Å²) in [4.78, 5) is 23.3. The van der Waals surface area contributed by atoms with Crippen molar-refractivity contribution in [2.75, 3.05) is 6.54 Å². The quantitative estimate of drug-likeness (QED) is 0.817. The maximum absolute atomic E-state index is 11.7. The Labute approximate surface area is 127 Å². The van der Waals surface area contributed by atoms with E-state index < -0.39 is 23.4 Å². The van der Waals surface area contributed by atoms with Crippen LogP contribution in [0.3, 0.4) is 0 Å². The molecule has 1 atom stereocenters. The Morgan fingerprint density at radius 1 is 0.952 bits per heavy atom. The number of ether oxygens (including phenoxy) is 2. The molecule has 0 aromatic heterocycles. The van der Waals surface area contributed by atoms with E-state index in [4.69, 9.17) is 9.47 Å². The zero-order valence-electron chi connectivity index (χ0n) is 14.3. The van der Waals surface area contributed by atoms with Gasteiger partial charge in [-0.25, -0.2) is 9.59 Å². The van der Waals surface area contributed by atoms with Gasteiger partial charge in [-0.1, -0.05) is 13.3 Å². The van der Waals surface area contributed by atoms with Gasteiger partial charge in [-0.05, 0) is 48.0 Å². The van der Waals surface area contributed by atoms with Crippen molar-refractivity contribution in [3.05, 3.63) is 0 Å². The molecule has 21 heavy (non-hydrogen) atoms. The van der Waals surface area contributed by atoms with Crippen LogP contribution in [0.2, 0.25) is 0 Å². The molecule has 0 aromatic rings. The van der Waals surface area contributed by atoms with Gasteiger partial charge in [0.05, 0.1) is 0 Å². The standard InChI is InChI=1S/C15H30N2O4/c1-8-9-11(17-13(19)21-15(5,6)7)10-16-12(18)20-14(2,3)4/h11H,8-10H2,1-7H3,(H,16,18)(H,17,19). The molecule has 1 unspecified atom stereocenters. The lowest BCUT2D eigenvalue weighted by molar-refractivity contribution is 0.0461. The van der Waals surface area contributed by atoms with Crippen LogP contribution in [0.25, 0.3) is 0 Å². The first-order valence-electron chi connectivity index (χ1n) is 7.39. The first-order chi connectivity index (χ1) is 9.43. The van der Waals surface area contributed by atoms with E-state index in [-0.39, 0.29) is 6.04 Å². The van der Waals surface area contributed by atoms with Gasteiger partial charge in [-0.2, -0.15) is 0 Å². The van der Waals surface area contributed by atoms with Gasteiger partial charge in [0.25, 0.3) is 0 Å². The molecule has 0 aromatic carbocycles. The van der Waals surface area contributed by atoms with Gasteiger partial charge in [-0.15, -0.1) is 0 Å². The fraction of sp³-hybridized carbons (Fsp3) is 0.867. The van der Waals surface area contributed by atoms with Crippen molar-refractivity contribution in [2.24, 2.45) is 0 Å². The second kappa shape index (κ2) is 8.10. The Morgan fingerprint density at radius 2 is 1.43 bits per heavy atom. The highest BCUT2D eigenvalue weighted by atomic mass is 16.6. The Morgan fingerprint density at radius 3 is 1.86 bits per heavy atom. The zero-order chi connectivity index (χ0) is 16.7. The first-order valence-corrected chi connectivity index (χ1v) is 7.39. The third-order valence-corrected chi connectivity index (χ3v) is 2.25. The highest BCUT2D eigenvalue weighted by molar-refractivity contribution is 5.69. The number of hydrogen-bond acceptors (Lipinski definition) is 4. The minimum atomic E-state index is -0.542. The third kappa shape index (κ3) is 12.0. The van der Waals surface area contributed by atoms with E-state index in [1.54, 1.807) is 41.5 Å². The van der Waals surface area contributed by atoms with E-state index in [2.05, 4.69) is 10.6 Å². The predicted octanol–water partition coefficient (Wildman–Crippen LogP) is 3.20. The topological polar surface area (TPSA) is 76.7 Å². The van der Waals surface area contributed by atoms with Crippen LogP contribution >= 0.6 is 0 Å². The number of hydrogen-bond donors (Lipinski definition) is 2. The number of rotatable bonds is 5. The number of carbonyl (C=O) groups excluding carboxylic acids is 2. The molecule has 2 amide bonds. The molecule has 0 fully saturated rings. The number of nitrogens with one attached hydrogen (secondary N) is 2. The SMILES string of the molecule is CCCC(CNC(=O)OC(C)(C)C)NC(=O)OC(C)(C)C. The molecule has 0 aliphatic heterocycles. The summed E-state index contributed by atoms with van der Waals surface area (Å²) < 4.78 is 10.4. The van der Waals surface area contributed by atoms with Crippen molar-refractivity contribution in [1.82, 2.24) is 10.6 Å². The lowest BCUT2D eigenvalue weighted by Gasteiger charge is -2.24. The number of carbonyl (C=O) groups is 2. The van der Waals surface area contributed by atoms with E-state index in [9.17, 15) is 9.59 Å². The monoisotopic (exact) mass is 302 g/mol. The van der Waals surface area contributed by atoms with Crippen LogP contribution in [0.5, 0.6) is 0 Å². The van der Waals surface area contributed by atoms with Crippen molar-refractivity contribution in [3.63, 3.8) is 0 Å². The summed E-state index contributed by atoms with van der Waals surface area (Å²) in [6.07, 6.45) is 0.660. The van der Waals surface area contributed by atoms with Gasteiger partial charge < -0.3 is 20.1 Å². The minimum Gasteiger partial charge on any atom is -0.444 e. The predicted molar refractivity (Wildman–Crippen MR) is 82.3 cm³/mol. The van der Waals surface area contributed by atoms with Crippen LogP contribution in [0, 0.1) is 0 Å². The van der Waals surface area contributed by atoms with Gasteiger partial charge in [-0.3, -0.25) is 0 Å². The van der Waals surface area contributed by atoms with E-state index in [1.165, 1.54) is 0 Å². The highest BCUT2D eigenvalue weighted by Crippen LogP contribution is 2.08. The van der Waals surface area contributed by atoms with E-state index in [0.29, 0.717) is 6.54 Å². The average Bonchev–Trinajstić information content (AvgIpc) is 2.21. The zero-order valence-corrected chi connectivity index (χ0v) is 14.3. The van der Waals surface area contributed by atoms with Gasteiger partial charge in [0, 0.05) is 12.6 Å². The molecule has 0 radical (unpaired) electrons. The van der Waals surface area contributed by atoms with Crippen LogP contribution in [-0.2, 0) is 9.47 Å². The van der Waals surface area contributed by atoms with E-state index in [1.807, 2.05) is 6.92 Å². The average molecular weight is 302 g/mol. The third-order valence-electron chi connectivity index (χ3n) is 2.25. The summed E-state index contributed by atoms with van der Waals surface area (Å²) in [5, 5.41) is 5.42. The Hall–Kier alpha value is -1.46. The Bertz CT molecular complexity index is 343. The van der Waals surface area contributed by atoms with Gasteiger partial charge in [0.15, 0.2) is 0 Å². The molecule has 6 nitrogen and oxygen atoms in total. The highest BCUT2D eigenvalue weighted by Gasteiger charge is 2.21. The largest absolute Gasteiger partial charge is 0.444 e. The van der Waals surface area contributed by atoms with E-state index >= 15 is 0 Å². The second-order valence-electron chi connectivity index (χ2n) is 7.01. The van der Waals surface area contributed by atoms with Crippen molar-refractivity contribution in [3.8, 4) is 0 Å². The van der Waals surface area contributed by atoms with Crippen molar-refractivity contribution in [2.45, 2.75) is 78.6 Å². The minimum absolute atomic E-state index is 0.183.